The summed E-state index contributed by atoms with van der Waals surface area (Å²) < 4.78 is 2.06. The summed E-state index contributed by atoms with van der Waals surface area (Å²) >= 11 is 7.78. The number of aliphatic hydroxyl groups excluding tert-OH is 1. The summed E-state index contributed by atoms with van der Waals surface area (Å²) in [5.74, 6) is 0.384. The van der Waals surface area contributed by atoms with Crippen molar-refractivity contribution in [1.82, 2.24) is 14.3 Å². The Hall–Kier alpha value is -0.620. The first-order chi connectivity index (χ1) is 8.65. The number of likely N-dealkylation sites (tertiary alicyclic amines) is 1. The number of fused-ring (bicyclic) bond motifs is 1. The van der Waals surface area contributed by atoms with E-state index in [-0.39, 0.29) is 6.10 Å². The highest BCUT2D eigenvalue weighted by Crippen LogP contribution is 2.26. The number of rotatable bonds is 3. The molecule has 2 unspecified atom stereocenters. The quantitative estimate of drug-likeness (QED) is 0.940. The van der Waals surface area contributed by atoms with E-state index < -0.39 is 0 Å². The highest BCUT2D eigenvalue weighted by atomic mass is 35.5. The summed E-state index contributed by atoms with van der Waals surface area (Å²) in [6.45, 7) is 4.63. The number of aliphatic hydroxyl groups is 1. The summed E-state index contributed by atoms with van der Waals surface area (Å²) in [5, 5.41) is 12.2. The molecule has 1 N–H and O–H groups in total. The minimum atomic E-state index is -0.225. The Morgan fingerprint density at radius 1 is 1.67 bits per heavy atom. The molecule has 4 nitrogen and oxygen atoms in total. The number of halogens is 1. The van der Waals surface area contributed by atoms with E-state index in [1.807, 2.05) is 18.5 Å². The molecule has 98 valence electrons. The fourth-order valence-electron chi connectivity index (χ4n) is 2.56. The van der Waals surface area contributed by atoms with Crippen molar-refractivity contribution in [1.29, 1.82) is 0 Å². The predicted octanol–water partition coefficient (Wildman–Crippen LogP) is 2.25. The second-order valence-electron chi connectivity index (χ2n) is 4.93. The van der Waals surface area contributed by atoms with Gasteiger partial charge in [-0.25, -0.2) is 4.98 Å². The van der Waals surface area contributed by atoms with Crippen LogP contribution in [0.25, 0.3) is 4.96 Å². The van der Waals surface area contributed by atoms with Crippen LogP contribution in [0.2, 0.25) is 5.15 Å². The first-order valence-electron chi connectivity index (χ1n) is 6.15. The van der Waals surface area contributed by atoms with Gasteiger partial charge in [-0.1, -0.05) is 11.6 Å². The van der Waals surface area contributed by atoms with Gasteiger partial charge in [-0.2, -0.15) is 0 Å². The van der Waals surface area contributed by atoms with Gasteiger partial charge in [0.2, 0.25) is 0 Å². The van der Waals surface area contributed by atoms with Crippen LogP contribution < -0.4 is 0 Å². The number of imidazole rings is 1. The fraction of sp³-hybridized carbons (Fsp3) is 0.583. The van der Waals surface area contributed by atoms with E-state index in [1.165, 1.54) is 0 Å². The van der Waals surface area contributed by atoms with E-state index in [0.717, 1.165) is 36.7 Å². The second kappa shape index (κ2) is 4.81. The third-order valence-electron chi connectivity index (χ3n) is 3.68. The number of hydrogen-bond donors (Lipinski definition) is 1. The van der Waals surface area contributed by atoms with Crippen molar-refractivity contribution >= 4 is 27.9 Å². The Kier molecular flexibility index (Phi) is 3.32. The van der Waals surface area contributed by atoms with Crippen LogP contribution in [0.15, 0.2) is 11.6 Å². The lowest BCUT2D eigenvalue weighted by atomic mass is 10.0. The fourth-order valence-corrected chi connectivity index (χ4v) is 3.57. The average molecular weight is 286 g/mol. The van der Waals surface area contributed by atoms with Crippen molar-refractivity contribution in [2.24, 2.45) is 5.92 Å². The Morgan fingerprint density at radius 3 is 3.22 bits per heavy atom. The zero-order chi connectivity index (χ0) is 12.7. The molecular formula is C12H16ClN3OS. The Labute approximate surface area is 115 Å². The molecule has 0 aliphatic carbocycles. The molecule has 0 amide bonds. The number of nitrogens with zero attached hydrogens (tertiary/aromatic N) is 3. The van der Waals surface area contributed by atoms with Crippen molar-refractivity contribution in [2.45, 2.75) is 26.0 Å². The largest absolute Gasteiger partial charge is 0.393 e. The zero-order valence-corrected chi connectivity index (χ0v) is 11.8. The van der Waals surface area contributed by atoms with E-state index >= 15 is 0 Å². The van der Waals surface area contributed by atoms with E-state index in [4.69, 9.17) is 11.6 Å². The van der Waals surface area contributed by atoms with Crippen molar-refractivity contribution in [3.63, 3.8) is 0 Å². The Morgan fingerprint density at radius 2 is 2.50 bits per heavy atom. The molecule has 6 heteroatoms. The van der Waals surface area contributed by atoms with Gasteiger partial charge >= 0.3 is 0 Å². The molecule has 3 heterocycles. The molecule has 0 radical (unpaired) electrons. The molecule has 0 aromatic carbocycles. The monoisotopic (exact) mass is 285 g/mol. The minimum Gasteiger partial charge on any atom is -0.393 e. The van der Waals surface area contributed by atoms with Gasteiger partial charge in [-0.05, 0) is 25.8 Å². The molecule has 2 aromatic heterocycles. The van der Waals surface area contributed by atoms with Crippen molar-refractivity contribution in [3.05, 3.63) is 22.4 Å². The van der Waals surface area contributed by atoms with E-state index in [9.17, 15) is 5.11 Å². The van der Waals surface area contributed by atoms with Crippen molar-refractivity contribution < 1.29 is 5.11 Å². The summed E-state index contributed by atoms with van der Waals surface area (Å²) in [6, 6.07) is 0. The summed E-state index contributed by atoms with van der Waals surface area (Å²) in [7, 11) is 0. The molecule has 1 aliphatic rings. The first-order valence-corrected chi connectivity index (χ1v) is 7.41. The maximum absolute atomic E-state index is 9.62. The maximum Gasteiger partial charge on any atom is 0.195 e. The smallest absolute Gasteiger partial charge is 0.195 e. The number of thiazole rings is 1. The third kappa shape index (κ3) is 2.16. The van der Waals surface area contributed by atoms with Crippen LogP contribution in [0.3, 0.4) is 0 Å². The minimum absolute atomic E-state index is 0.225. The highest BCUT2D eigenvalue weighted by Gasteiger charge is 2.27. The molecule has 1 fully saturated rings. The summed E-state index contributed by atoms with van der Waals surface area (Å²) in [4.78, 5) is 7.62. The van der Waals surface area contributed by atoms with Crippen LogP contribution in [0, 0.1) is 5.92 Å². The standard InChI is InChI=1S/C12H16ClN3OS/c1-8(17)9-2-3-15(6-9)7-10-11(13)14-12-16(10)4-5-18-12/h4-5,8-9,17H,2-3,6-7H2,1H3. The molecule has 0 bridgehead atoms. The van der Waals surface area contributed by atoms with Crippen LogP contribution >= 0.6 is 22.9 Å². The summed E-state index contributed by atoms with van der Waals surface area (Å²) in [6.07, 6.45) is 2.84. The lowest BCUT2D eigenvalue weighted by Crippen LogP contribution is -2.24. The van der Waals surface area contributed by atoms with E-state index in [2.05, 4.69) is 14.3 Å². The lowest BCUT2D eigenvalue weighted by molar-refractivity contribution is 0.127. The van der Waals surface area contributed by atoms with Gasteiger partial charge in [0.15, 0.2) is 10.1 Å². The van der Waals surface area contributed by atoms with Gasteiger partial charge in [0.05, 0.1) is 11.8 Å². The van der Waals surface area contributed by atoms with Crippen molar-refractivity contribution in [3.8, 4) is 0 Å². The topological polar surface area (TPSA) is 40.8 Å². The van der Waals surface area contributed by atoms with Crippen LogP contribution in [0.1, 0.15) is 19.0 Å². The van der Waals surface area contributed by atoms with Crippen LogP contribution in [0.5, 0.6) is 0 Å². The molecule has 2 atom stereocenters. The predicted molar refractivity (Wildman–Crippen MR) is 73.1 cm³/mol. The summed E-state index contributed by atoms with van der Waals surface area (Å²) in [5.41, 5.74) is 1.05. The Bertz CT molecular complexity index is 551. The second-order valence-corrected chi connectivity index (χ2v) is 6.16. The van der Waals surface area contributed by atoms with Crippen LogP contribution in [0.4, 0.5) is 0 Å². The van der Waals surface area contributed by atoms with Gasteiger partial charge in [-0.15, -0.1) is 11.3 Å². The number of hydrogen-bond acceptors (Lipinski definition) is 4. The normalized spacial score (nSPS) is 22.9. The van der Waals surface area contributed by atoms with E-state index in [0.29, 0.717) is 11.1 Å². The highest BCUT2D eigenvalue weighted by molar-refractivity contribution is 7.15. The van der Waals surface area contributed by atoms with Gasteiger partial charge < -0.3 is 5.11 Å². The van der Waals surface area contributed by atoms with E-state index in [1.54, 1.807) is 11.3 Å². The van der Waals surface area contributed by atoms with Gasteiger partial charge in [-0.3, -0.25) is 9.30 Å². The first kappa shape index (κ1) is 12.4. The van der Waals surface area contributed by atoms with Crippen LogP contribution in [-0.4, -0.2) is 38.6 Å². The molecule has 0 spiro atoms. The lowest BCUT2D eigenvalue weighted by Gasteiger charge is -2.17. The SMILES string of the molecule is CC(O)C1CCN(Cc2c(Cl)nc3sccn23)C1. The molecule has 18 heavy (non-hydrogen) atoms. The van der Waals surface area contributed by atoms with Gasteiger partial charge in [0, 0.05) is 24.7 Å². The molecule has 0 saturated carbocycles. The molecular weight excluding hydrogens is 270 g/mol. The molecule has 1 aliphatic heterocycles. The third-order valence-corrected chi connectivity index (χ3v) is 4.74. The van der Waals surface area contributed by atoms with Gasteiger partial charge in [0.1, 0.15) is 0 Å². The zero-order valence-electron chi connectivity index (χ0n) is 10.2. The van der Waals surface area contributed by atoms with Crippen LogP contribution in [-0.2, 0) is 6.54 Å². The number of aromatic nitrogens is 2. The van der Waals surface area contributed by atoms with Gasteiger partial charge in [0.25, 0.3) is 0 Å². The van der Waals surface area contributed by atoms with Crippen molar-refractivity contribution in [2.75, 3.05) is 13.1 Å². The maximum atomic E-state index is 9.62. The molecule has 2 aromatic rings. The average Bonchev–Trinajstić information content (AvgIpc) is 2.98. The molecule has 3 rings (SSSR count). The molecule has 1 saturated heterocycles. The Balaban J connectivity index is 1.77.